The van der Waals surface area contributed by atoms with Crippen LogP contribution in [-0.4, -0.2) is 35.5 Å². The van der Waals surface area contributed by atoms with Crippen LogP contribution in [0.25, 0.3) is 0 Å². The number of rotatable bonds is 7. The predicted octanol–water partition coefficient (Wildman–Crippen LogP) is 6.11. The summed E-state index contributed by atoms with van der Waals surface area (Å²) in [5.41, 5.74) is -1.36. The van der Waals surface area contributed by atoms with Crippen LogP contribution in [-0.2, 0) is 9.59 Å². The minimum absolute atomic E-state index is 0.434. The Balaban J connectivity index is 2.36. The summed E-state index contributed by atoms with van der Waals surface area (Å²) in [6.07, 6.45) is 0. The van der Waals surface area contributed by atoms with Gasteiger partial charge in [0.25, 0.3) is 0 Å². The Labute approximate surface area is 184 Å². The number of nitrogens with one attached hydrogen (secondary N) is 2. The van der Waals surface area contributed by atoms with Crippen LogP contribution in [0.4, 0.5) is 46.5 Å². The summed E-state index contributed by atoms with van der Waals surface area (Å²) in [6.45, 7) is 0. The second kappa shape index (κ2) is 8.74. The molecule has 0 bridgehead atoms. The van der Waals surface area contributed by atoms with Crippen LogP contribution in [0.1, 0.15) is 0 Å². The SMILES string of the molecule is O=C(Nc1ccccc1Cl)C(F)(F)C(F)(F)C(F)(F)C(F)(F)C(=O)Nc1ccccc1Cl. The van der Waals surface area contributed by atoms with E-state index in [9.17, 15) is 44.7 Å². The summed E-state index contributed by atoms with van der Waals surface area (Å²) >= 11 is 11.1. The molecule has 2 N–H and O–H groups in total. The maximum Gasteiger partial charge on any atom is 0.393 e. The number of hydrogen-bond donors (Lipinski definition) is 2. The van der Waals surface area contributed by atoms with Gasteiger partial charge in [-0.15, -0.1) is 0 Å². The number of anilines is 2. The van der Waals surface area contributed by atoms with Gasteiger partial charge in [0.2, 0.25) is 0 Å². The van der Waals surface area contributed by atoms with Gasteiger partial charge in [0.05, 0.1) is 21.4 Å². The van der Waals surface area contributed by atoms with Crippen molar-refractivity contribution in [3.8, 4) is 0 Å². The Bertz CT molecular complexity index is 952. The fourth-order valence-corrected chi connectivity index (χ4v) is 2.57. The second-order valence-electron chi connectivity index (χ2n) is 6.17. The first-order chi connectivity index (χ1) is 14.6. The quantitative estimate of drug-likeness (QED) is 0.443. The number of carbonyl (C=O) groups excluding carboxylic acids is 2. The van der Waals surface area contributed by atoms with Crippen molar-refractivity contribution in [1.82, 2.24) is 0 Å². The molecule has 174 valence electrons. The van der Waals surface area contributed by atoms with Gasteiger partial charge < -0.3 is 10.6 Å². The molecule has 0 atom stereocenters. The van der Waals surface area contributed by atoms with E-state index in [0.29, 0.717) is 0 Å². The van der Waals surface area contributed by atoms with Crippen molar-refractivity contribution >= 4 is 46.4 Å². The van der Waals surface area contributed by atoms with Gasteiger partial charge in [-0.25, -0.2) is 0 Å². The highest BCUT2D eigenvalue weighted by Gasteiger charge is 2.84. The lowest BCUT2D eigenvalue weighted by atomic mass is 9.97. The number of amides is 2. The van der Waals surface area contributed by atoms with E-state index in [1.807, 2.05) is 0 Å². The topological polar surface area (TPSA) is 58.2 Å². The summed E-state index contributed by atoms with van der Waals surface area (Å²) in [6, 6.07) is 8.56. The summed E-state index contributed by atoms with van der Waals surface area (Å²) < 4.78 is 112. The van der Waals surface area contributed by atoms with Crippen LogP contribution in [0.15, 0.2) is 48.5 Å². The van der Waals surface area contributed by atoms with E-state index in [1.165, 1.54) is 12.1 Å². The van der Waals surface area contributed by atoms with Gasteiger partial charge in [0.15, 0.2) is 0 Å². The lowest BCUT2D eigenvalue weighted by Gasteiger charge is -2.35. The summed E-state index contributed by atoms with van der Waals surface area (Å²) in [5.74, 6) is -33.0. The van der Waals surface area contributed by atoms with Crippen molar-refractivity contribution in [2.45, 2.75) is 23.7 Å². The molecule has 0 aliphatic heterocycles. The van der Waals surface area contributed by atoms with E-state index in [4.69, 9.17) is 23.2 Å². The fourth-order valence-electron chi connectivity index (χ4n) is 2.21. The molecule has 0 heterocycles. The van der Waals surface area contributed by atoms with Crippen molar-refractivity contribution in [3.05, 3.63) is 58.6 Å². The summed E-state index contributed by atoms with van der Waals surface area (Å²) in [7, 11) is 0. The third-order valence-electron chi connectivity index (χ3n) is 4.00. The molecule has 0 aliphatic rings. The summed E-state index contributed by atoms with van der Waals surface area (Å²) in [4.78, 5) is 23.2. The maximum atomic E-state index is 14.0. The Morgan fingerprint density at radius 2 is 0.875 bits per heavy atom. The first kappa shape index (κ1) is 25.7. The zero-order chi connectivity index (χ0) is 24.5. The zero-order valence-corrected chi connectivity index (χ0v) is 16.7. The van der Waals surface area contributed by atoms with Gasteiger partial charge in [-0.1, -0.05) is 47.5 Å². The van der Waals surface area contributed by atoms with Crippen molar-refractivity contribution in [1.29, 1.82) is 0 Å². The molecular formula is C18H10Cl2F8N2O2. The molecule has 4 nitrogen and oxygen atoms in total. The van der Waals surface area contributed by atoms with Gasteiger partial charge in [0.1, 0.15) is 0 Å². The molecule has 32 heavy (non-hydrogen) atoms. The van der Waals surface area contributed by atoms with Gasteiger partial charge in [-0.3, -0.25) is 9.59 Å². The molecule has 2 aromatic rings. The summed E-state index contributed by atoms with van der Waals surface area (Å²) in [5, 5.41) is 1.45. The highest BCUT2D eigenvalue weighted by molar-refractivity contribution is 6.34. The molecule has 2 rings (SSSR count). The predicted molar refractivity (Wildman–Crippen MR) is 100.0 cm³/mol. The maximum absolute atomic E-state index is 14.0. The lowest BCUT2D eigenvalue weighted by molar-refractivity contribution is -0.345. The van der Waals surface area contributed by atoms with Crippen molar-refractivity contribution in [2.24, 2.45) is 0 Å². The Morgan fingerprint density at radius 3 is 1.16 bits per heavy atom. The number of para-hydroxylation sites is 2. The van der Waals surface area contributed by atoms with E-state index in [2.05, 4.69) is 0 Å². The number of carbonyl (C=O) groups is 2. The Morgan fingerprint density at radius 1 is 0.594 bits per heavy atom. The monoisotopic (exact) mass is 508 g/mol. The third kappa shape index (κ3) is 4.33. The first-order valence-corrected chi connectivity index (χ1v) is 8.96. The van der Waals surface area contributed by atoms with E-state index >= 15 is 0 Å². The number of halogens is 10. The zero-order valence-electron chi connectivity index (χ0n) is 15.2. The molecule has 0 saturated carbocycles. The van der Waals surface area contributed by atoms with Gasteiger partial charge in [-0.05, 0) is 24.3 Å². The van der Waals surface area contributed by atoms with Crippen LogP contribution >= 0.6 is 23.2 Å². The van der Waals surface area contributed by atoms with Crippen LogP contribution in [0, 0.1) is 0 Å². The van der Waals surface area contributed by atoms with Crippen LogP contribution in [0.5, 0.6) is 0 Å². The van der Waals surface area contributed by atoms with Gasteiger partial charge >= 0.3 is 35.5 Å². The Kier molecular flexibility index (Phi) is 7.01. The highest BCUT2D eigenvalue weighted by Crippen LogP contribution is 2.53. The molecule has 14 heteroatoms. The molecule has 0 saturated heterocycles. The number of hydrogen-bond acceptors (Lipinski definition) is 2. The molecule has 0 fully saturated rings. The average Bonchev–Trinajstić information content (AvgIpc) is 2.70. The standard InChI is InChI=1S/C18H10Cl2F8N2O2/c19-9-5-1-3-7-11(9)29-13(31)15(21,22)17(25,26)18(27,28)16(23,24)14(32)30-12-8-4-2-6-10(12)20/h1-8H,(H,29,31)(H,30,32). The number of benzene rings is 2. The normalized spacial score (nSPS) is 12.9. The van der Waals surface area contributed by atoms with Crippen molar-refractivity contribution in [3.63, 3.8) is 0 Å². The highest BCUT2D eigenvalue weighted by atomic mass is 35.5. The van der Waals surface area contributed by atoms with E-state index in [0.717, 1.165) is 47.0 Å². The second-order valence-corrected chi connectivity index (χ2v) is 6.98. The van der Waals surface area contributed by atoms with Gasteiger partial charge in [-0.2, -0.15) is 35.1 Å². The van der Waals surface area contributed by atoms with E-state index < -0.39 is 56.9 Å². The lowest BCUT2D eigenvalue weighted by Crippen LogP contribution is -2.67. The largest absolute Gasteiger partial charge is 0.393 e. The molecule has 2 aromatic carbocycles. The van der Waals surface area contributed by atoms with Crippen LogP contribution in [0.3, 0.4) is 0 Å². The third-order valence-corrected chi connectivity index (χ3v) is 4.66. The molecule has 0 spiro atoms. The van der Waals surface area contributed by atoms with Crippen molar-refractivity contribution in [2.75, 3.05) is 10.6 Å². The van der Waals surface area contributed by atoms with Gasteiger partial charge in [0, 0.05) is 0 Å². The molecule has 0 aliphatic carbocycles. The minimum Gasteiger partial charge on any atom is -0.319 e. The first-order valence-electron chi connectivity index (χ1n) is 8.20. The number of alkyl halides is 8. The molecule has 2 amide bonds. The van der Waals surface area contributed by atoms with Crippen LogP contribution < -0.4 is 10.6 Å². The Hall–Kier alpha value is -2.60. The smallest absolute Gasteiger partial charge is 0.319 e. The molecule has 0 radical (unpaired) electrons. The molecular weight excluding hydrogens is 499 g/mol. The van der Waals surface area contributed by atoms with Crippen LogP contribution in [0.2, 0.25) is 10.0 Å². The average molecular weight is 509 g/mol. The fraction of sp³-hybridized carbons (Fsp3) is 0.222. The van der Waals surface area contributed by atoms with E-state index in [1.54, 1.807) is 0 Å². The minimum atomic E-state index is -7.02. The van der Waals surface area contributed by atoms with Crippen molar-refractivity contribution < 1.29 is 44.7 Å². The molecule has 0 aromatic heterocycles. The molecule has 0 unspecified atom stereocenters. The van der Waals surface area contributed by atoms with E-state index in [-0.39, 0.29) is 0 Å².